The molecule has 0 atom stereocenters. The fraction of sp³-hybridized carbons (Fsp3) is 0.294. The minimum atomic E-state index is 0.633. The van der Waals surface area contributed by atoms with Gasteiger partial charge in [-0.3, -0.25) is 4.90 Å². The number of aromatic nitrogens is 5. The monoisotopic (exact) mass is 357 g/mol. The molecule has 0 aliphatic carbocycles. The van der Waals surface area contributed by atoms with E-state index >= 15 is 0 Å². The second kappa shape index (κ2) is 7.16. The normalized spacial score (nSPS) is 15.5. The van der Waals surface area contributed by atoms with Crippen LogP contribution in [0.25, 0.3) is 11.4 Å². The Hall–Kier alpha value is -2.51. The van der Waals surface area contributed by atoms with Crippen molar-refractivity contribution in [2.24, 2.45) is 0 Å². The van der Waals surface area contributed by atoms with Gasteiger partial charge in [-0.15, -0.1) is 15.0 Å². The molecule has 1 fully saturated rings. The van der Waals surface area contributed by atoms with Crippen LogP contribution in [0.4, 0.5) is 5.82 Å². The molecule has 128 valence electrons. The standard InChI is InChI=1S/C17H18ClN7/c18-15-6-4-14(5-7-15)17-20-22-25(21-17)13-23-9-11-24(12-10-23)16-3-1-2-8-19-16/h1-8H,9-13H2/p+2. The van der Waals surface area contributed by atoms with Crippen molar-refractivity contribution in [3.63, 3.8) is 0 Å². The first-order valence-corrected chi connectivity index (χ1v) is 8.75. The van der Waals surface area contributed by atoms with Crippen LogP contribution in [0.1, 0.15) is 0 Å². The molecular weight excluding hydrogens is 338 g/mol. The molecule has 1 aromatic carbocycles. The van der Waals surface area contributed by atoms with Gasteiger partial charge >= 0.3 is 0 Å². The van der Waals surface area contributed by atoms with Crippen LogP contribution in [0.2, 0.25) is 5.02 Å². The number of anilines is 1. The van der Waals surface area contributed by atoms with Crippen molar-refractivity contribution in [1.29, 1.82) is 0 Å². The Labute approximate surface area is 150 Å². The molecule has 3 aromatic rings. The lowest BCUT2D eigenvalue weighted by Crippen LogP contribution is -3.14. The Kier molecular flexibility index (Phi) is 4.58. The van der Waals surface area contributed by atoms with Gasteiger partial charge in [-0.2, -0.15) is 0 Å². The van der Waals surface area contributed by atoms with Gasteiger partial charge in [0.1, 0.15) is 26.2 Å². The minimum Gasteiger partial charge on any atom is -0.309 e. The van der Waals surface area contributed by atoms with Gasteiger partial charge in [-0.05, 0) is 35.5 Å². The van der Waals surface area contributed by atoms with Crippen LogP contribution < -0.4 is 14.8 Å². The molecule has 1 saturated heterocycles. The van der Waals surface area contributed by atoms with Crippen LogP contribution in [0.5, 0.6) is 0 Å². The van der Waals surface area contributed by atoms with Crippen molar-refractivity contribution in [3.05, 3.63) is 53.7 Å². The zero-order valence-corrected chi connectivity index (χ0v) is 14.5. The first-order chi connectivity index (χ1) is 12.3. The lowest BCUT2D eigenvalue weighted by molar-refractivity contribution is -0.924. The fourth-order valence-electron chi connectivity index (χ4n) is 3.03. The lowest BCUT2D eigenvalue weighted by Gasteiger charge is -2.27. The van der Waals surface area contributed by atoms with E-state index in [-0.39, 0.29) is 0 Å². The lowest BCUT2D eigenvalue weighted by atomic mass is 10.2. The largest absolute Gasteiger partial charge is 0.309 e. The Balaban J connectivity index is 1.35. The zero-order chi connectivity index (χ0) is 17.1. The Bertz CT molecular complexity index is 811. The number of tetrazole rings is 1. The number of hydrogen-bond acceptors (Lipinski definition) is 4. The molecule has 0 bridgehead atoms. The number of quaternary nitrogens is 1. The zero-order valence-electron chi connectivity index (χ0n) is 13.8. The third-order valence-corrected chi connectivity index (χ3v) is 4.68. The van der Waals surface area contributed by atoms with E-state index in [9.17, 15) is 0 Å². The summed E-state index contributed by atoms with van der Waals surface area (Å²) in [5.41, 5.74) is 0.926. The first kappa shape index (κ1) is 16.0. The number of H-pyrrole nitrogens is 1. The van der Waals surface area contributed by atoms with Crippen molar-refractivity contribution in [1.82, 2.24) is 20.2 Å². The Morgan fingerprint density at radius 1 is 1.08 bits per heavy atom. The molecule has 0 amide bonds. The highest BCUT2D eigenvalue weighted by Crippen LogP contribution is 2.16. The summed E-state index contributed by atoms with van der Waals surface area (Å²) in [5, 5.41) is 13.5. The second-order valence-corrected chi connectivity index (χ2v) is 6.57. The van der Waals surface area contributed by atoms with Gasteiger partial charge in [-0.1, -0.05) is 17.7 Å². The summed E-state index contributed by atoms with van der Waals surface area (Å²) < 4.78 is 0. The molecule has 0 unspecified atom stereocenters. The van der Waals surface area contributed by atoms with E-state index in [0.717, 1.165) is 38.4 Å². The Morgan fingerprint density at radius 2 is 1.88 bits per heavy atom. The number of aromatic amines is 1. The molecule has 7 nitrogen and oxygen atoms in total. The summed E-state index contributed by atoms with van der Waals surface area (Å²) in [5.74, 6) is 1.80. The van der Waals surface area contributed by atoms with E-state index in [4.69, 9.17) is 11.6 Å². The van der Waals surface area contributed by atoms with E-state index in [0.29, 0.717) is 10.8 Å². The fourth-order valence-corrected chi connectivity index (χ4v) is 3.15. The highest BCUT2D eigenvalue weighted by Gasteiger charge is 2.26. The molecule has 1 aliphatic rings. The van der Waals surface area contributed by atoms with E-state index in [1.54, 1.807) is 4.80 Å². The van der Waals surface area contributed by atoms with Crippen molar-refractivity contribution in [2.45, 2.75) is 6.67 Å². The molecule has 8 heteroatoms. The topological polar surface area (TPSA) is 65.4 Å². The van der Waals surface area contributed by atoms with Gasteiger partial charge in [0.25, 0.3) is 5.82 Å². The van der Waals surface area contributed by atoms with Gasteiger partial charge in [0, 0.05) is 16.7 Å². The molecule has 0 radical (unpaired) electrons. The van der Waals surface area contributed by atoms with Crippen molar-refractivity contribution in [2.75, 3.05) is 31.1 Å². The molecule has 0 saturated carbocycles. The van der Waals surface area contributed by atoms with E-state index in [1.165, 1.54) is 10.7 Å². The number of piperazine rings is 1. The van der Waals surface area contributed by atoms with Crippen molar-refractivity contribution >= 4 is 17.4 Å². The summed E-state index contributed by atoms with van der Waals surface area (Å²) in [6.45, 7) is 4.83. The third kappa shape index (κ3) is 3.78. The number of rotatable bonds is 4. The van der Waals surface area contributed by atoms with Crippen molar-refractivity contribution < 1.29 is 9.88 Å². The molecule has 1 aliphatic heterocycles. The Morgan fingerprint density at radius 3 is 2.60 bits per heavy atom. The van der Waals surface area contributed by atoms with Gasteiger partial charge < -0.3 is 4.90 Å². The van der Waals surface area contributed by atoms with Crippen LogP contribution in [0, 0.1) is 0 Å². The first-order valence-electron chi connectivity index (χ1n) is 8.37. The van der Waals surface area contributed by atoms with Gasteiger partial charge in [-0.25, -0.2) is 4.98 Å². The van der Waals surface area contributed by atoms with Crippen LogP contribution in [-0.2, 0) is 6.67 Å². The molecule has 2 aromatic heterocycles. The third-order valence-electron chi connectivity index (χ3n) is 4.42. The van der Waals surface area contributed by atoms with Gasteiger partial charge in [0.15, 0.2) is 6.67 Å². The number of halogens is 1. The highest BCUT2D eigenvalue weighted by atomic mass is 35.5. The number of nitrogens with one attached hydrogen (secondary N) is 2. The predicted octanol–water partition coefficient (Wildman–Crippen LogP) is 0.170. The van der Waals surface area contributed by atoms with E-state index in [1.807, 2.05) is 36.5 Å². The molecular formula is C17H20ClN7+2. The van der Waals surface area contributed by atoms with Crippen LogP contribution in [0.3, 0.4) is 0 Å². The van der Waals surface area contributed by atoms with Crippen LogP contribution in [0.15, 0.2) is 48.7 Å². The van der Waals surface area contributed by atoms with Crippen LogP contribution >= 0.6 is 11.6 Å². The van der Waals surface area contributed by atoms with Gasteiger partial charge in [0.2, 0.25) is 5.82 Å². The SMILES string of the molecule is Clc1ccc(-c2nnn(C[NH+]3CCN(c4cccc[nH+]4)CC3)n2)cc1. The molecule has 3 heterocycles. The quantitative estimate of drug-likeness (QED) is 0.723. The number of hydrogen-bond donors (Lipinski definition) is 1. The maximum atomic E-state index is 5.92. The molecule has 0 spiro atoms. The summed E-state index contributed by atoms with van der Waals surface area (Å²) in [4.78, 5) is 8.80. The average molecular weight is 358 g/mol. The van der Waals surface area contributed by atoms with E-state index < -0.39 is 0 Å². The second-order valence-electron chi connectivity index (χ2n) is 6.14. The molecule has 25 heavy (non-hydrogen) atoms. The molecule has 4 rings (SSSR count). The maximum absolute atomic E-state index is 5.92. The van der Waals surface area contributed by atoms with E-state index in [2.05, 4.69) is 37.4 Å². The van der Waals surface area contributed by atoms with Crippen molar-refractivity contribution in [3.8, 4) is 11.4 Å². The molecule has 2 N–H and O–H groups in total. The average Bonchev–Trinajstić information content (AvgIpc) is 3.12. The number of pyridine rings is 1. The van der Waals surface area contributed by atoms with Gasteiger partial charge in [0.05, 0.1) is 6.20 Å². The minimum absolute atomic E-state index is 0.633. The summed E-state index contributed by atoms with van der Waals surface area (Å²) in [6, 6.07) is 13.7. The maximum Gasteiger partial charge on any atom is 0.274 e. The summed E-state index contributed by atoms with van der Waals surface area (Å²) >= 11 is 5.92. The highest BCUT2D eigenvalue weighted by molar-refractivity contribution is 6.30. The number of benzene rings is 1. The predicted molar refractivity (Wildman–Crippen MR) is 94.2 cm³/mol. The summed E-state index contributed by atoms with van der Waals surface area (Å²) in [7, 11) is 0. The van der Waals surface area contributed by atoms with Crippen LogP contribution in [-0.4, -0.2) is 46.4 Å². The number of nitrogens with zero attached hydrogens (tertiary/aromatic N) is 5. The smallest absolute Gasteiger partial charge is 0.274 e. The summed E-state index contributed by atoms with van der Waals surface area (Å²) in [6.07, 6.45) is 1.96.